The van der Waals surface area contributed by atoms with Crippen molar-refractivity contribution in [2.24, 2.45) is 0 Å². The number of hydrogen-bond donors (Lipinski definition) is 1. The first-order chi connectivity index (χ1) is 9.04. The molecular formula is C11H19N3O4S. The van der Waals surface area contributed by atoms with E-state index in [0.29, 0.717) is 25.5 Å². The Morgan fingerprint density at radius 1 is 1.63 bits per heavy atom. The minimum Gasteiger partial charge on any atom is -0.383 e. The standard InChI is InChI=1S/C11H19N3O4S/c1-17-5-3-14-4-6-18-8-9(14)11-10(7-12-13-11)19(2,15)16/h7,9H,3-6,8H2,1-2H3,(H,12,13)/t9-/m0/s1. The second-order valence-electron chi connectivity index (χ2n) is 4.54. The Kier molecular flexibility index (Phi) is 4.56. The lowest BCUT2D eigenvalue weighted by Gasteiger charge is -2.35. The van der Waals surface area contributed by atoms with Gasteiger partial charge in [0, 0.05) is 26.5 Å². The monoisotopic (exact) mass is 289 g/mol. The second-order valence-corrected chi connectivity index (χ2v) is 6.52. The van der Waals surface area contributed by atoms with E-state index in [1.165, 1.54) is 12.5 Å². The molecule has 0 spiro atoms. The Morgan fingerprint density at radius 3 is 3.11 bits per heavy atom. The van der Waals surface area contributed by atoms with Crippen LogP contribution in [0.2, 0.25) is 0 Å². The van der Waals surface area contributed by atoms with Crippen LogP contribution in [0.25, 0.3) is 0 Å². The maximum atomic E-state index is 11.7. The van der Waals surface area contributed by atoms with Crippen molar-refractivity contribution in [2.45, 2.75) is 10.9 Å². The zero-order chi connectivity index (χ0) is 13.9. The van der Waals surface area contributed by atoms with Crippen molar-refractivity contribution < 1.29 is 17.9 Å². The number of aromatic amines is 1. The molecule has 1 atom stereocenters. The predicted molar refractivity (Wildman–Crippen MR) is 68.7 cm³/mol. The molecule has 1 N–H and O–H groups in total. The van der Waals surface area contributed by atoms with Crippen molar-refractivity contribution in [1.82, 2.24) is 15.1 Å². The molecule has 1 fully saturated rings. The Morgan fingerprint density at radius 2 is 2.42 bits per heavy atom. The third kappa shape index (κ3) is 3.33. The molecule has 1 aliphatic heterocycles. The van der Waals surface area contributed by atoms with Crippen LogP contribution in [0.4, 0.5) is 0 Å². The summed E-state index contributed by atoms with van der Waals surface area (Å²) in [6.07, 6.45) is 2.54. The van der Waals surface area contributed by atoms with Crippen molar-refractivity contribution >= 4 is 9.84 Å². The predicted octanol–water partition coefficient (Wildman–Crippen LogP) is -0.167. The third-order valence-electron chi connectivity index (χ3n) is 3.19. The van der Waals surface area contributed by atoms with Crippen LogP contribution in [0.5, 0.6) is 0 Å². The van der Waals surface area contributed by atoms with E-state index >= 15 is 0 Å². The average Bonchev–Trinajstić information content (AvgIpc) is 2.85. The lowest BCUT2D eigenvalue weighted by molar-refractivity contribution is -0.0200. The van der Waals surface area contributed by atoms with Gasteiger partial charge in [0.1, 0.15) is 4.90 Å². The highest BCUT2D eigenvalue weighted by Crippen LogP contribution is 2.27. The SMILES string of the molecule is COCCN1CCOC[C@H]1c1[nH]ncc1S(C)(=O)=O. The molecule has 0 radical (unpaired) electrons. The molecule has 0 unspecified atom stereocenters. The Bertz CT molecular complexity index is 514. The molecule has 108 valence electrons. The third-order valence-corrected chi connectivity index (χ3v) is 4.31. The van der Waals surface area contributed by atoms with Gasteiger partial charge >= 0.3 is 0 Å². The minimum absolute atomic E-state index is 0.129. The van der Waals surface area contributed by atoms with Gasteiger partial charge in [0.2, 0.25) is 0 Å². The number of H-pyrrole nitrogens is 1. The second kappa shape index (κ2) is 6.00. The van der Waals surface area contributed by atoms with Gasteiger partial charge in [-0.2, -0.15) is 5.10 Å². The van der Waals surface area contributed by atoms with Crippen LogP contribution in [0.15, 0.2) is 11.1 Å². The van der Waals surface area contributed by atoms with Gasteiger partial charge in [-0.15, -0.1) is 0 Å². The first-order valence-electron chi connectivity index (χ1n) is 6.08. The summed E-state index contributed by atoms with van der Waals surface area (Å²) in [5.74, 6) is 0. The number of ether oxygens (including phenoxy) is 2. The van der Waals surface area contributed by atoms with E-state index in [0.717, 1.165) is 13.1 Å². The van der Waals surface area contributed by atoms with Crippen LogP contribution in [0, 0.1) is 0 Å². The molecule has 0 amide bonds. The fourth-order valence-electron chi connectivity index (χ4n) is 2.20. The van der Waals surface area contributed by atoms with Crippen LogP contribution < -0.4 is 0 Å². The number of aromatic nitrogens is 2. The summed E-state index contributed by atoms with van der Waals surface area (Å²) >= 11 is 0. The number of nitrogens with one attached hydrogen (secondary N) is 1. The van der Waals surface area contributed by atoms with Gasteiger partial charge < -0.3 is 9.47 Å². The molecule has 0 saturated carbocycles. The molecule has 0 aliphatic carbocycles. The van der Waals surface area contributed by atoms with Gasteiger partial charge in [-0.3, -0.25) is 10.00 Å². The summed E-state index contributed by atoms with van der Waals surface area (Å²) < 4.78 is 34.0. The van der Waals surface area contributed by atoms with E-state index in [4.69, 9.17) is 9.47 Å². The zero-order valence-corrected chi connectivity index (χ0v) is 11.9. The van der Waals surface area contributed by atoms with Gasteiger partial charge in [0.05, 0.1) is 37.8 Å². The van der Waals surface area contributed by atoms with E-state index in [1.807, 2.05) is 0 Å². The van der Waals surface area contributed by atoms with Crippen molar-refractivity contribution in [2.75, 3.05) is 46.3 Å². The molecular weight excluding hydrogens is 270 g/mol. The maximum absolute atomic E-state index is 11.7. The highest BCUT2D eigenvalue weighted by Gasteiger charge is 2.30. The van der Waals surface area contributed by atoms with Crippen LogP contribution in [-0.4, -0.2) is 69.8 Å². The van der Waals surface area contributed by atoms with Crippen molar-refractivity contribution in [3.63, 3.8) is 0 Å². The molecule has 19 heavy (non-hydrogen) atoms. The molecule has 1 aromatic rings. The molecule has 2 heterocycles. The summed E-state index contributed by atoms with van der Waals surface area (Å²) in [7, 11) is -1.64. The normalized spacial score (nSPS) is 21.7. The molecule has 0 bridgehead atoms. The van der Waals surface area contributed by atoms with Crippen molar-refractivity contribution in [3.05, 3.63) is 11.9 Å². The summed E-state index contributed by atoms with van der Waals surface area (Å²) in [5, 5.41) is 6.66. The first-order valence-corrected chi connectivity index (χ1v) is 7.97. The van der Waals surface area contributed by atoms with E-state index in [9.17, 15) is 8.42 Å². The van der Waals surface area contributed by atoms with Gasteiger partial charge in [-0.05, 0) is 0 Å². The van der Waals surface area contributed by atoms with Gasteiger partial charge in [0.15, 0.2) is 9.84 Å². The van der Waals surface area contributed by atoms with Crippen LogP contribution in [-0.2, 0) is 19.3 Å². The number of nitrogens with zero attached hydrogens (tertiary/aromatic N) is 2. The Labute approximate surface area is 112 Å². The lowest BCUT2D eigenvalue weighted by Crippen LogP contribution is -2.41. The lowest BCUT2D eigenvalue weighted by atomic mass is 10.1. The quantitative estimate of drug-likeness (QED) is 0.810. The van der Waals surface area contributed by atoms with Crippen molar-refractivity contribution in [1.29, 1.82) is 0 Å². The average molecular weight is 289 g/mol. The minimum atomic E-state index is -3.29. The smallest absolute Gasteiger partial charge is 0.178 e. The summed E-state index contributed by atoms with van der Waals surface area (Å²) in [6, 6.07) is -0.129. The zero-order valence-electron chi connectivity index (χ0n) is 11.1. The molecule has 0 aromatic carbocycles. The maximum Gasteiger partial charge on any atom is 0.178 e. The molecule has 1 aromatic heterocycles. The van der Waals surface area contributed by atoms with Crippen LogP contribution in [0.1, 0.15) is 11.7 Å². The molecule has 8 heteroatoms. The number of rotatable bonds is 5. The molecule has 2 rings (SSSR count). The summed E-state index contributed by atoms with van der Waals surface area (Å²) in [6.45, 7) is 3.17. The highest BCUT2D eigenvalue weighted by atomic mass is 32.2. The molecule has 1 saturated heterocycles. The first kappa shape index (κ1) is 14.4. The largest absolute Gasteiger partial charge is 0.383 e. The Balaban J connectivity index is 2.25. The Hall–Kier alpha value is -0.960. The van der Waals surface area contributed by atoms with E-state index < -0.39 is 9.84 Å². The number of hydrogen-bond acceptors (Lipinski definition) is 6. The van der Waals surface area contributed by atoms with Crippen LogP contribution >= 0.6 is 0 Å². The van der Waals surface area contributed by atoms with E-state index in [-0.39, 0.29) is 10.9 Å². The van der Waals surface area contributed by atoms with Crippen LogP contribution in [0.3, 0.4) is 0 Å². The van der Waals surface area contributed by atoms with Crippen molar-refractivity contribution in [3.8, 4) is 0 Å². The van der Waals surface area contributed by atoms with Gasteiger partial charge in [-0.25, -0.2) is 8.42 Å². The van der Waals surface area contributed by atoms with Gasteiger partial charge in [0.25, 0.3) is 0 Å². The fraction of sp³-hybridized carbons (Fsp3) is 0.727. The van der Waals surface area contributed by atoms with E-state index in [1.54, 1.807) is 7.11 Å². The molecule has 7 nitrogen and oxygen atoms in total. The number of methoxy groups -OCH3 is 1. The van der Waals surface area contributed by atoms with E-state index in [2.05, 4.69) is 15.1 Å². The molecule has 1 aliphatic rings. The summed E-state index contributed by atoms with van der Waals surface area (Å²) in [5.41, 5.74) is 0.596. The number of morpholine rings is 1. The topological polar surface area (TPSA) is 84.5 Å². The highest BCUT2D eigenvalue weighted by molar-refractivity contribution is 7.90. The summed E-state index contributed by atoms with van der Waals surface area (Å²) in [4.78, 5) is 2.39. The fourth-order valence-corrected chi connectivity index (χ4v) is 3.02. The number of sulfone groups is 1. The van der Waals surface area contributed by atoms with Gasteiger partial charge in [-0.1, -0.05) is 0 Å².